The molecule has 0 spiro atoms. The lowest BCUT2D eigenvalue weighted by atomic mass is 10.4. The normalized spacial score (nSPS) is 10.4. The Hall–Kier alpha value is -1.26. The molecule has 0 amide bonds. The van der Waals surface area contributed by atoms with Crippen LogP contribution in [-0.2, 0) is 6.54 Å². The highest BCUT2D eigenvalue weighted by Crippen LogP contribution is 2.20. The Kier molecular flexibility index (Phi) is 3.31. The van der Waals surface area contributed by atoms with Crippen molar-refractivity contribution in [2.45, 2.75) is 13.5 Å². The van der Waals surface area contributed by atoms with Crippen LogP contribution in [0.4, 0.5) is 5.82 Å². The molecule has 0 saturated heterocycles. The SMILES string of the molecule is Cc1ccc(CNc2nc(Cl)ncc2Cl)o1. The lowest BCUT2D eigenvalue weighted by molar-refractivity contribution is 0.490. The molecule has 0 radical (unpaired) electrons. The average molecular weight is 258 g/mol. The van der Waals surface area contributed by atoms with Crippen LogP contribution in [0.1, 0.15) is 11.5 Å². The highest BCUT2D eigenvalue weighted by Gasteiger charge is 2.05. The maximum atomic E-state index is 5.89. The number of halogens is 2. The molecule has 0 aliphatic heterocycles. The van der Waals surface area contributed by atoms with Crippen LogP contribution in [0.2, 0.25) is 10.3 Å². The first-order valence-electron chi connectivity index (χ1n) is 4.62. The second kappa shape index (κ2) is 4.72. The standard InChI is InChI=1S/C10H9Cl2N3O/c1-6-2-3-7(16-6)4-13-9-8(11)5-14-10(12)15-9/h2-3,5H,4H2,1H3,(H,13,14,15). The van der Waals surface area contributed by atoms with E-state index in [2.05, 4.69) is 15.3 Å². The van der Waals surface area contributed by atoms with Gasteiger partial charge in [-0.05, 0) is 30.7 Å². The largest absolute Gasteiger partial charge is 0.465 e. The fourth-order valence-electron chi connectivity index (χ4n) is 1.22. The molecule has 0 saturated carbocycles. The molecule has 4 nitrogen and oxygen atoms in total. The van der Waals surface area contributed by atoms with Crippen molar-refractivity contribution < 1.29 is 4.42 Å². The number of hydrogen-bond donors (Lipinski definition) is 1. The summed E-state index contributed by atoms with van der Waals surface area (Å²) in [6, 6.07) is 3.78. The fourth-order valence-corrected chi connectivity index (χ4v) is 1.51. The van der Waals surface area contributed by atoms with E-state index in [4.69, 9.17) is 27.6 Å². The topological polar surface area (TPSA) is 51.0 Å². The molecule has 16 heavy (non-hydrogen) atoms. The Bertz CT molecular complexity index is 499. The number of nitrogens with one attached hydrogen (secondary N) is 1. The van der Waals surface area contributed by atoms with E-state index in [1.165, 1.54) is 6.20 Å². The number of hydrogen-bond acceptors (Lipinski definition) is 4. The highest BCUT2D eigenvalue weighted by molar-refractivity contribution is 6.33. The molecule has 0 atom stereocenters. The first-order valence-corrected chi connectivity index (χ1v) is 5.38. The summed E-state index contributed by atoms with van der Waals surface area (Å²) in [5.74, 6) is 2.17. The van der Waals surface area contributed by atoms with Gasteiger partial charge in [-0.25, -0.2) is 4.98 Å². The third-order valence-corrected chi connectivity index (χ3v) is 2.40. The van der Waals surface area contributed by atoms with Gasteiger partial charge in [0.15, 0.2) is 0 Å². The minimum absolute atomic E-state index is 0.155. The highest BCUT2D eigenvalue weighted by atomic mass is 35.5. The van der Waals surface area contributed by atoms with E-state index in [9.17, 15) is 0 Å². The summed E-state index contributed by atoms with van der Waals surface area (Å²) in [7, 11) is 0. The van der Waals surface area contributed by atoms with Crippen molar-refractivity contribution in [2.75, 3.05) is 5.32 Å². The minimum atomic E-state index is 0.155. The second-order valence-electron chi connectivity index (χ2n) is 3.20. The smallest absolute Gasteiger partial charge is 0.224 e. The summed E-state index contributed by atoms with van der Waals surface area (Å²) >= 11 is 11.5. The van der Waals surface area contributed by atoms with Crippen LogP contribution >= 0.6 is 23.2 Å². The molecule has 0 aromatic carbocycles. The van der Waals surface area contributed by atoms with Gasteiger partial charge in [0.1, 0.15) is 22.4 Å². The van der Waals surface area contributed by atoms with Gasteiger partial charge < -0.3 is 9.73 Å². The molecule has 2 aromatic heterocycles. The summed E-state index contributed by atoms with van der Waals surface area (Å²) in [5.41, 5.74) is 0. The maximum Gasteiger partial charge on any atom is 0.224 e. The Morgan fingerprint density at radius 3 is 2.88 bits per heavy atom. The molecule has 6 heteroatoms. The Labute approximate surface area is 103 Å². The molecule has 0 bridgehead atoms. The number of aromatic nitrogens is 2. The second-order valence-corrected chi connectivity index (χ2v) is 3.95. The zero-order chi connectivity index (χ0) is 11.5. The van der Waals surface area contributed by atoms with Crippen molar-refractivity contribution in [2.24, 2.45) is 0 Å². The van der Waals surface area contributed by atoms with E-state index in [1.54, 1.807) is 0 Å². The molecule has 0 fully saturated rings. The van der Waals surface area contributed by atoms with Gasteiger partial charge in [-0.1, -0.05) is 11.6 Å². The van der Waals surface area contributed by atoms with Crippen LogP contribution < -0.4 is 5.32 Å². The van der Waals surface area contributed by atoms with Crippen molar-refractivity contribution in [1.82, 2.24) is 9.97 Å². The molecule has 0 aliphatic rings. The summed E-state index contributed by atoms with van der Waals surface area (Å²) in [6.45, 7) is 2.39. The van der Waals surface area contributed by atoms with E-state index < -0.39 is 0 Å². The zero-order valence-corrected chi connectivity index (χ0v) is 10.0. The fraction of sp³-hybridized carbons (Fsp3) is 0.200. The predicted octanol–water partition coefficient (Wildman–Crippen LogP) is 3.30. The van der Waals surface area contributed by atoms with Gasteiger partial charge in [-0.3, -0.25) is 0 Å². The molecule has 2 aromatic rings. The van der Waals surface area contributed by atoms with Gasteiger partial charge in [0, 0.05) is 0 Å². The molecule has 2 heterocycles. The van der Waals surface area contributed by atoms with E-state index in [0.29, 0.717) is 17.4 Å². The van der Waals surface area contributed by atoms with E-state index in [0.717, 1.165) is 11.5 Å². The van der Waals surface area contributed by atoms with Crippen molar-refractivity contribution >= 4 is 29.0 Å². The summed E-state index contributed by atoms with van der Waals surface area (Å²) in [5, 5.41) is 3.60. The van der Waals surface area contributed by atoms with Crippen LogP contribution in [0, 0.1) is 6.92 Å². The first-order chi connectivity index (χ1) is 7.65. The van der Waals surface area contributed by atoms with Gasteiger partial charge in [0.05, 0.1) is 12.7 Å². The summed E-state index contributed by atoms with van der Waals surface area (Å²) in [4.78, 5) is 7.72. The van der Waals surface area contributed by atoms with Crippen LogP contribution in [0.25, 0.3) is 0 Å². The minimum Gasteiger partial charge on any atom is -0.465 e. The van der Waals surface area contributed by atoms with Gasteiger partial charge in [-0.15, -0.1) is 0 Å². The van der Waals surface area contributed by atoms with Crippen molar-refractivity contribution in [3.8, 4) is 0 Å². The van der Waals surface area contributed by atoms with Crippen molar-refractivity contribution in [3.63, 3.8) is 0 Å². The molecule has 84 valence electrons. The van der Waals surface area contributed by atoms with Gasteiger partial charge >= 0.3 is 0 Å². The molecule has 1 N–H and O–H groups in total. The summed E-state index contributed by atoms with van der Waals surface area (Å²) < 4.78 is 5.39. The third-order valence-electron chi connectivity index (χ3n) is 1.94. The van der Waals surface area contributed by atoms with Gasteiger partial charge in [-0.2, -0.15) is 4.98 Å². The molecule has 0 aliphatic carbocycles. The Morgan fingerprint density at radius 2 is 2.19 bits per heavy atom. The number of furan rings is 1. The number of aryl methyl sites for hydroxylation is 1. The van der Waals surface area contributed by atoms with Crippen LogP contribution in [0.5, 0.6) is 0 Å². The van der Waals surface area contributed by atoms with Crippen LogP contribution in [0.3, 0.4) is 0 Å². The molecule has 2 rings (SSSR count). The molecular formula is C10H9Cl2N3O. The maximum absolute atomic E-state index is 5.89. The lowest BCUT2D eigenvalue weighted by Crippen LogP contribution is -2.01. The van der Waals surface area contributed by atoms with E-state index in [1.807, 2.05) is 19.1 Å². The predicted molar refractivity (Wildman–Crippen MR) is 62.8 cm³/mol. The first kappa shape index (κ1) is 11.2. The lowest BCUT2D eigenvalue weighted by Gasteiger charge is -2.05. The van der Waals surface area contributed by atoms with Crippen molar-refractivity contribution in [1.29, 1.82) is 0 Å². The zero-order valence-electron chi connectivity index (χ0n) is 8.50. The van der Waals surface area contributed by atoms with Crippen molar-refractivity contribution in [3.05, 3.63) is 40.2 Å². The van der Waals surface area contributed by atoms with Gasteiger partial charge in [0.25, 0.3) is 0 Å². The van der Waals surface area contributed by atoms with Gasteiger partial charge in [0.2, 0.25) is 5.28 Å². The van der Waals surface area contributed by atoms with Crippen LogP contribution in [0.15, 0.2) is 22.7 Å². The third kappa shape index (κ3) is 2.65. The number of rotatable bonds is 3. The monoisotopic (exact) mass is 257 g/mol. The number of anilines is 1. The Morgan fingerprint density at radius 1 is 1.38 bits per heavy atom. The Balaban J connectivity index is 2.07. The van der Waals surface area contributed by atoms with E-state index in [-0.39, 0.29) is 5.28 Å². The molecular weight excluding hydrogens is 249 g/mol. The summed E-state index contributed by atoms with van der Waals surface area (Å²) in [6.07, 6.45) is 1.45. The molecule has 0 unspecified atom stereocenters. The average Bonchev–Trinajstić information content (AvgIpc) is 2.66. The van der Waals surface area contributed by atoms with E-state index >= 15 is 0 Å². The quantitative estimate of drug-likeness (QED) is 0.858. The number of nitrogens with zero attached hydrogens (tertiary/aromatic N) is 2. The van der Waals surface area contributed by atoms with Crippen LogP contribution in [-0.4, -0.2) is 9.97 Å².